The van der Waals surface area contributed by atoms with Crippen LogP contribution in [0, 0.1) is 12.7 Å². The van der Waals surface area contributed by atoms with Gasteiger partial charge in [-0.2, -0.15) is 0 Å². The van der Waals surface area contributed by atoms with E-state index in [1.165, 1.54) is 22.9 Å². The fourth-order valence-electron chi connectivity index (χ4n) is 1.55. The summed E-state index contributed by atoms with van der Waals surface area (Å²) in [5.74, 6) is -0.0811. The van der Waals surface area contributed by atoms with Crippen LogP contribution in [0.15, 0.2) is 30.3 Å². The number of hydrogen-bond acceptors (Lipinski definition) is 3. The minimum absolute atomic E-state index is 0.266. The van der Waals surface area contributed by atoms with Gasteiger partial charge in [-0.1, -0.05) is 0 Å². The van der Waals surface area contributed by atoms with E-state index in [1.54, 1.807) is 17.4 Å². The summed E-state index contributed by atoms with van der Waals surface area (Å²) in [6, 6.07) is 9.03. The number of benzene rings is 1. The Balaban J connectivity index is 2.02. The molecule has 0 atom stereocenters. The zero-order valence-electron chi connectivity index (χ0n) is 9.79. The molecule has 0 saturated heterocycles. The smallest absolute Gasteiger partial charge is 0.167 e. The molecule has 0 saturated carbocycles. The first-order valence-electron chi connectivity index (χ1n) is 5.32. The lowest BCUT2D eigenvalue weighted by atomic mass is 10.3. The highest BCUT2D eigenvalue weighted by molar-refractivity contribution is 7.11. The molecule has 17 heavy (non-hydrogen) atoms. The molecule has 0 radical (unpaired) electrons. The molecule has 90 valence electrons. The van der Waals surface area contributed by atoms with Crippen molar-refractivity contribution in [2.75, 3.05) is 12.4 Å². The van der Waals surface area contributed by atoms with Crippen LogP contribution < -0.4 is 10.1 Å². The van der Waals surface area contributed by atoms with E-state index in [2.05, 4.69) is 24.4 Å². The Kier molecular flexibility index (Phi) is 3.64. The van der Waals surface area contributed by atoms with Crippen LogP contribution in [0.4, 0.5) is 10.1 Å². The van der Waals surface area contributed by atoms with Gasteiger partial charge in [0.15, 0.2) is 11.6 Å². The number of halogens is 1. The molecule has 1 aromatic heterocycles. The highest BCUT2D eigenvalue weighted by Gasteiger charge is 2.03. The maximum atomic E-state index is 13.4. The summed E-state index contributed by atoms with van der Waals surface area (Å²) >= 11 is 1.74. The van der Waals surface area contributed by atoms with Crippen molar-refractivity contribution >= 4 is 17.0 Å². The predicted octanol–water partition coefficient (Wildman–Crippen LogP) is 3.82. The summed E-state index contributed by atoms with van der Waals surface area (Å²) in [4.78, 5) is 2.52. The monoisotopic (exact) mass is 251 g/mol. The van der Waals surface area contributed by atoms with E-state index in [0.717, 1.165) is 5.69 Å². The Morgan fingerprint density at radius 1 is 1.29 bits per heavy atom. The first kappa shape index (κ1) is 11.9. The fourth-order valence-corrected chi connectivity index (χ4v) is 2.38. The first-order valence-corrected chi connectivity index (χ1v) is 6.13. The number of aryl methyl sites for hydroxylation is 1. The van der Waals surface area contributed by atoms with E-state index in [0.29, 0.717) is 6.54 Å². The summed E-state index contributed by atoms with van der Waals surface area (Å²) < 4.78 is 18.3. The van der Waals surface area contributed by atoms with Crippen LogP contribution in [0.25, 0.3) is 0 Å². The molecule has 0 bridgehead atoms. The third kappa shape index (κ3) is 2.97. The number of nitrogens with one attached hydrogen (secondary N) is 1. The van der Waals surface area contributed by atoms with E-state index in [-0.39, 0.29) is 11.6 Å². The van der Waals surface area contributed by atoms with E-state index in [9.17, 15) is 4.39 Å². The van der Waals surface area contributed by atoms with Gasteiger partial charge in [0.2, 0.25) is 0 Å². The molecule has 0 spiro atoms. The second-order valence-corrected chi connectivity index (χ2v) is 5.09. The van der Waals surface area contributed by atoms with Crippen LogP contribution in [-0.4, -0.2) is 7.11 Å². The maximum Gasteiger partial charge on any atom is 0.167 e. The third-order valence-electron chi connectivity index (χ3n) is 2.41. The number of hydrogen-bond donors (Lipinski definition) is 1. The lowest BCUT2D eigenvalue weighted by Gasteiger charge is -2.07. The number of rotatable bonds is 4. The van der Waals surface area contributed by atoms with Crippen LogP contribution in [0.3, 0.4) is 0 Å². The molecule has 1 aromatic carbocycles. The van der Waals surface area contributed by atoms with E-state index >= 15 is 0 Å². The van der Waals surface area contributed by atoms with Gasteiger partial charge in [0.05, 0.1) is 7.11 Å². The zero-order chi connectivity index (χ0) is 12.3. The van der Waals surface area contributed by atoms with Gasteiger partial charge in [-0.25, -0.2) is 4.39 Å². The second-order valence-electron chi connectivity index (χ2n) is 3.72. The molecular weight excluding hydrogens is 237 g/mol. The topological polar surface area (TPSA) is 21.3 Å². The van der Waals surface area contributed by atoms with Crippen molar-refractivity contribution in [2.45, 2.75) is 13.5 Å². The van der Waals surface area contributed by atoms with Gasteiger partial charge < -0.3 is 10.1 Å². The van der Waals surface area contributed by atoms with Crippen molar-refractivity contribution in [1.82, 2.24) is 0 Å². The van der Waals surface area contributed by atoms with Gasteiger partial charge in [-0.15, -0.1) is 11.3 Å². The van der Waals surface area contributed by atoms with Gasteiger partial charge in [0.25, 0.3) is 0 Å². The number of methoxy groups -OCH3 is 1. The van der Waals surface area contributed by atoms with Gasteiger partial charge in [0.1, 0.15) is 0 Å². The summed E-state index contributed by atoms with van der Waals surface area (Å²) in [7, 11) is 1.46. The molecule has 4 heteroatoms. The number of ether oxygens (including phenoxy) is 1. The third-order valence-corrected chi connectivity index (χ3v) is 3.42. The first-order chi connectivity index (χ1) is 8.19. The second kappa shape index (κ2) is 5.19. The normalized spacial score (nSPS) is 10.3. The molecule has 0 aliphatic heterocycles. The molecule has 1 N–H and O–H groups in total. The van der Waals surface area contributed by atoms with Gasteiger partial charge in [0, 0.05) is 28.1 Å². The summed E-state index contributed by atoms with van der Waals surface area (Å²) in [5, 5.41) is 3.18. The lowest BCUT2D eigenvalue weighted by Crippen LogP contribution is -1.98. The molecule has 0 aliphatic rings. The molecule has 2 nitrogen and oxygen atoms in total. The molecule has 2 aromatic rings. The average molecular weight is 251 g/mol. The number of thiophene rings is 1. The van der Waals surface area contributed by atoms with Crippen molar-refractivity contribution in [3.8, 4) is 5.75 Å². The van der Waals surface area contributed by atoms with E-state index in [1.807, 2.05) is 6.07 Å². The van der Waals surface area contributed by atoms with Gasteiger partial charge in [-0.05, 0) is 31.2 Å². The van der Waals surface area contributed by atoms with Crippen molar-refractivity contribution in [3.63, 3.8) is 0 Å². The Bertz CT molecular complexity index is 510. The largest absolute Gasteiger partial charge is 0.494 e. The minimum atomic E-state index is -0.347. The molecular formula is C13H14FNOS. The standard InChI is InChI=1S/C13H14FNOS/c1-9-3-5-11(17-9)8-15-10-4-6-13(16-2)12(14)7-10/h3-7,15H,8H2,1-2H3. The van der Waals surface area contributed by atoms with Gasteiger partial charge in [-0.3, -0.25) is 0 Å². The van der Waals surface area contributed by atoms with E-state index < -0.39 is 0 Å². The molecule has 0 aliphatic carbocycles. The summed E-state index contributed by atoms with van der Waals surface area (Å²) in [6.45, 7) is 2.78. The Morgan fingerprint density at radius 2 is 2.12 bits per heavy atom. The predicted molar refractivity (Wildman–Crippen MR) is 69.3 cm³/mol. The minimum Gasteiger partial charge on any atom is -0.494 e. The van der Waals surface area contributed by atoms with E-state index in [4.69, 9.17) is 4.74 Å². The van der Waals surface area contributed by atoms with Gasteiger partial charge >= 0.3 is 0 Å². The molecule has 0 fully saturated rings. The zero-order valence-corrected chi connectivity index (χ0v) is 10.6. The summed E-state index contributed by atoms with van der Waals surface area (Å²) in [6.07, 6.45) is 0. The quantitative estimate of drug-likeness (QED) is 0.892. The number of anilines is 1. The van der Waals surface area contributed by atoms with Crippen LogP contribution in [-0.2, 0) is 6.54 Å². The van der Waals surface area contributed by atoms with Crippen molar-refractivity contribution < 1.29 is 9.13 Å². The van der Waals surface area contributed by atoms with Crippen LogP contribution >= 0.6 is 11.3 Å². The Labute approximate surface area is 104 Å². The molecule has 0 unspecified atom stereocenters. The lowest BCUT2D eigenvalue weighted by molar-refractivity contribution is 0.386. The SMILES string of the molecule is COc1ccc(NCc2ccc(C)s2)cc1F. The average Bonchev–Trinajstić information content (AvgIpc) is 2.73. The fraction of sp³-hybridized carbons (Fsp3) is 0.231. The van der Waals surface area contributed by atoms with Crippen LogP contribution in [0.5, 0.6) is 5.75 Å². The Morgan fingerprint density at radius 3 is 2.71 bits per heavy atom. The maximum absolute atomic E-state index is 13.4. The highest BCUT2D eigenvalue weighted by atomic mass is 32.1. The van der Waals surface area contributed by atoms with Crippen molar-refractivity contribution in [3.05, 3.63) is 45.9 Å². The Hall–Kier alpha value is -1.55. The molecule has 2 rings (SSSR count). The van der Waals surface area contributed by atoms with Crippen molar-refractivity contribution in [2.24, 2.45) is 0 Å². The summed E-state index contributed by atoms with van der Waals surface area (Å²) in [5.41, 5.74) is 0.759. The molecule has 1 heterocycles. The molecule has 0 amide bonds. The highest BCUT2D eigenvalue weighted by Crippen LogP contribution is 2.22. The van der Waals surface area contributed by atoms with Crippen LogP contribution in [0.2, 0.25) is 0 Å². The van der Waals surface area contributed by atoms with Crippen LogP contribution in [0.1, 0.15) is 9.75 Å². The van der Waals surface area contributed by atoms with Crippen molar-refractivity contribution in [1.29, 1.82) is 0 Å².